The molecule has 1 saturated heterocycles. The molecule has 1 aliphatic heterocycles. The first kappa shape index (κ1) is 5.74. The molecule has 2 heteroatoms. The van der Waals surface area contributed by atoms with Gasteiger partial charge in [0.05, 0.1) is 6.61 Å². The fourth-order valence-corrected chi connectivity index (χ4v) is 0.852. The van der Waals surface area contributed by atoms with Crippen LogP contribution in [-0.2, 0) is 4.74 Å². The molecule has 1 aromatic carbocycles. The van der Waals surface area contributed by atoms with Gasteiger partial charge in [0.15, 0.2) is 6.23 Å². The SMILES string of the molecule is c1ccc(NC2CO2)cc1. The van der Waals surface area contributed by atoms with Crippen LogP contribution < -0.4 is 5.32 Å². The molecule has 2 rings (SSSR count). The summed E-state index contributed by atoms with van der Waals surface area (Å²) in [6.07, 6.45) is 0.266. The lowest BCUT2D eigenvalue weighted by Gasteiger charge is -1.99. The molecule has 1 unspecified atom stereocenters. The number of hydrogen-bond acceptors (Lipinski definition) is 2. The summed E-state index contributed by atoms with van der Waals surface area (Å²) >= 11 is 0. The zero-order chi connectivity index (χ0) is 6.81. The minimum atomic E-state index is 0.266. The first-order valence-corrected chi connectivity index (χ1v) is 3.38. The number of benzene rings is 1. The molecule has 1 aromatic rings. The molecule has 2 nitrogen and oxygen atoms in total. The molecule has 1 N–H and O–H groups in total. The van der Waals surface area contributed by atoms with Crippen LogP contribution in [0.2, 0.25) is 0 Å². The fraction of sp³-hybridized carbons (Fsp3) is 0.250. The molecule has 1 atom stereocenters. The molecule has 0 spiro atoms. The van der Waals surface area contributed by atoms with Crippen molar-refractivity contribution in [2.45, 2.75) is 6.23 Å². The maximum Gasteiger partial charge on any atom is 0.151 e. The minimum absolute atomic E-state index is 0.266. The van der Waals surface area contributed by atoms with Crippen molar-refractivity contribution in [3.05, 3.63) is 30.3 Å². The lowest BCUT2D eigenvalue weighted by atomic mass is 10.3. The van der Waals surface area contributed by atoms with Crippen molar-refractivity contribution in [3.63, 3.8) is 0 Å². The highest BCUT2D eigenvalue weighted by Crippen LogP contribution is 2.14. The zero-order valence-electron chi connectivity index (χ0n) is 5.58. The van der Waals surface area contributed by atoms with Crippen LogP contribution in [0.5, 0.6) is 0 Å². The predicted molar refractivity (Wildman–Crippen MR) is 39.8 cm³/mol. The van der Waals surface area contributed by atoms with Crippen LogP contribution in [0.25, 0.3) is 0 Å². The van der Waals surface area contributed by atoms with E-state index in [1.54, 1.807) is 0 Å². The van der Waals surface area contributed by atoms with E-state index < -0.39 is 0 Å². The highest BCUT2D eigenvalue weighted by atomic mass is 16.6. The van der Waals surface area contributed by atoms with E-state index in [1.165, 1.54) is 0 Å². The van der Waals surface area contributed by atoms with E-state index in [0.29, 0.717) is 0 Å². The predicted octanol–water partition coefficient (Wildman–Crippen LogP) is 1.45. The Kier molecular flexibility index (Phi) is 1.32. The molecule has 0 bridgehead atoms. The molecule has 0 radical (unpaired) electrons. The summed E-state index contributed by atoms with van der Waals surface area (Å²) in [7, 11) is 0. The normalized spacial score (nSPS) is 22.2. The first-order chi connectivity index (χ1) is 4.95. The second kappa shape index (κ2) is 2.31. The summed E-state index contributed by atoms with van der Waals surface area (Å²) in [5, 5.41) is 3.19. The van der Waals surface area contributed by atoms with E-state index in [4.69, 9.17) is 4.74 Å². The van der Waals surface area contributed by atoms with Gasteiger partial charge in [-0.05, 0) is 12.1 Å². The van der Waals surface area contributed by atoms with Crippen molar-refractivity contribution in [2.24, 2.45) is 0 Å². The monoisotopic (exact) mass is 135 g/mol. The molecule has 1 fully saturated rings. The molecule has 10 heavy (non-hydrogen) atoms. The largest absolute Gasteiger partial charge is 0.358 e. The molecule has 1 aliphatic rings. The summed E-state index contributed by atoms with van der Waals surface area (Å²) in [6, 6.07) is 10.1. The van der Waals surface area contributed by atoms with Crippen LogP contribution in [0.4, 0.5) is 5.69 Å². The van der Waals surface area contributed by atoms with Crippen molar-refractivity contribution in [1.82, 2.24) is 0 Å². The smallest absolute Gasteiger partial charge is 0.151 e. The van der Waals surface area contributed by atoms with Crippen LogP contribution in [0.3, 0.4) is 0 Å². The summed E-state index contributed by atoms with van der Waals surface area (Å²) in [5.41, 5.74) is 1.13. The van der Waals surface area contributed by atoms with E-state index in [0.717, 1.165) is 12.3 Å². The fourth-order valence-electron chi connectivity index (χ4n) is 0.852. The zero-order valence-corrected chi connectivity index (χ0v) is 5.58. The molecular weight excluding hydrogens is 126 g/mol. The van der Waals surface area contributed by atoms with Gasteiger partial charge in [0.1, 0.15) is 0 Å². The maximum atomic E-state index is 5.00. The molecular formula is C8H9NO. The summed E-state index contributed by atoms with van der Waals surface area (Å²) in [4.78, 5) is 0. The van der Waals surface area contributed by atoms with E-state index in [2.05, 4.69) is 5.32 Å². The van der Waals surface area contributed by atoms with Gasteiger partial charge in [-0.3, -0.25) is 0 Å². The summed E-state index contributed by atoms with van der Waals surface area (Å²) in [5.74, 6) is 0. The topological polar surface area (TPSA) is 24.6 Å². The first-order valence-electron chi connectivity index (χ1n) is 3.38. The van der Waals surface area contributed by atoms with Crippen molar-refractivity contribution in [3.8, 4) is 0 Å². The Labute approximate surface area is 59.8 Å². The second-order valence-corrected chi connectivity index (χ2v) is 2.33. The van der Waals surface area contributed by atoms with Gasteiger partial charge in [-0.15, -0.1) is 0 Å². The molecule has 1 heterocycles. The lowest BCUT2D eigenvalue weighted by molar-refractivity contribution is 0.428. The van der Waals surface area contributed by atoms with Crippen molar-refractivity contribution in [1.29, 1.82) is 0 Å². The lowest BCUT2D eigenvalue weighted by Crippen LogP contribution is -2.01. The van der Waals surface area contributed by atoms with E-state index in [9.17, 15) is 0 Å². The standard InChI is InChI=1S/C8H9NO/c1-2-4-7(5-3-1)9-8-6-10-8/h1-5,8-9H,6H2. The Hall–Kier alpha value is -1.02. The van der Waals surface area contributed by atoms with Crippen LogP contribution in [0.1, 0.15) is 0 Å². The molecule has 0 amide bonds. The van der Waals surface area contributed by atoms with Gasteiger partial charge >= 0.3 is 0 Å². The van der Waals surface area contributed by atoms with Gasteiger partial charge in [0.25, 0.3) is 0 Å². The number of nitrogens with one attached hydrogen (secondary N) is 1. The van der Waals surface area contributed by atoms with Gasteiger partial charge in [-0.2, -0.15) is 0 Å². The van der Waals surface area contributed by atoms with Crippen LogP contribution in [0.15, 0.2) is 30.3 Å². The Morgan fingerprint density at radius 3 is 2.60 bits per heavy atom. The van der Waals surface area contributed by atoms with Gasteiger partial charge in [0, 0.05) is 5.69 Å². The van der Waals surface area contributed by atoms with Gasteiger partial charge in [-0.1, -0.05) is 18.2 Å². The van der Waals surface area contributed by atoms with E-state index >= 15 is 0 Å². The Bertz CT molecular complexity index is 206. The number of rotatable bonds is 2. The van der Waals surface area contributed by atoms with Crippen LogP contribution in [0, 0.1) is 0 Å². The highest BCUT2D eigenvalue weighted by Gasteiger charge is 2.21. The van der Waals surface area contributed by atoms with Gasteiger partial charge < -0.3 is 10.1 Å². The van der Waals surface area contributed by atoms with Crippen LogP contribution >= 0.6 is 0 Å². The Morgan fingerprint density at radius 2 is 2.00 bits per heavy atom. The highest BCUT2D eigenvalue weighted by molar-refractivity contribution is 5.43. The van der Waals surface area contributed by atoms with Crippen molar-refractivity contribution < 1.29 is 4.74 Å². The molecule has 0 saturated carbocycles. The van der Waals surface area contributed by atoms with Crippen LogP contribution in [-0.4, -0.2) is 12.8 Å². The second-order valence-electron chi connectivity index (χ2n) is 2.33. The average molecular weight is 135 g/mol. The molecule has 0 aromatic heterocycles. The van der Waals surface area contributed by atoms with Gasteiger partial charge in [0.2, 0.25) is 0 Å². The number of epoxide rings is 1. The number of para-hydroxylation sites is 1. The van der Waals surface area contributed by atoms with Crippen molar-refractivity contribution in [2.75, 3.05) is 11.9 Å². The maximum absolute atomic E-state index is 5.00. The summed E-state index contributed by atoms with van der Waals surface area (Å²) in [6.45, 7) is 0.842. The minimum Gasteiger partial charge on any atom is -0.358 e. The molecule has 52 valence electrons. The van der Waals surface area contributed by atoms with E-state index in [-0.39, 0.29) is 6.23 Å². The summed E-state index contributed by atoms with van der Waals surface area (Å²) < 4.78 is 5.00. The van der Waals surface area contributed by atoms with E-state index in [1.807, 2.05) is 30.3 Å². The number of hydrogen-bond donors (Lipinski definition) is 1. The van der Waals surface area contributed by atoms with Crippen molar-refractivity contribution >= 4 is 5.69 Å². The Balaban J connectivity index is 2.03. The number of anilines is 1. The third kappa shape index (κ3) is 1.28. The third-order valence-electron chi connectivity index (χ3n) is 1.43. The Morgan fingerprint density at radius 1 is 1.30 bits per heavy atom. The molecule has 0 aliphatic carbocycles. The third-order valence-corrected chi connectivity index (χ3v) is 1.43. The number of ether oxygens (including phenoxy) is 1. The van der Waals surface area contributed by atoms with Gasteiger partial charge in [-0.25, -0.2) is 0 Å². The quantitative estimate of drug-likeness (QED) is 0.621. The average Bonchev–Trinajstić information content (AvgIpc) is 2.74.